The van der Waals surface area contributed by atoms with Crippen LogP contribution in [0.4, 0.5) is 0 Å². The van der Waals surface area contributed by atoms with Crippen LogP contribution in [0.1, 0.15) is 51.5 Å². The lowest BCUT2D eigenvalue weighted by molar-refractivity contribution is 0.474. The Hall–Kier alpha value is -0.880. The number of aryl methyl sites for hydroxylation is 1. The summed E-state index contributed by atoms with van der Waals surface area (Å²) in [5.74, 6) is 0. The van der Waals surface area contributed by atoms with Crippen molar-refractivity contribution in [2.45, 2.75) is 67.1 Å². The molecule has 0 aromatic heterocycles. The maximum absolute atomic E-state index is 12.9. The number of benzene rings is 1. The first kappa shape index (κ1) is 17.5. The molecule has 4 nitrogen and oxygen atoms in total. The highest BCUT2D eigenvalue weighted by Gasteiger charge is 2.50. The zero-order valence-electron chi connectivity index (χ0n) is 13.4. The summed E-state index contributed by atoms with van der Waals surface area (Å²) in [4.78, 5) is 0.0717. The van der Waals surface area contributed by atoms with Gasteiger partial charge in [-0.05, 0) is 45.7 Å². The van der Waals surface area contributed by atoms with Crippen molar-refractivity contribution in [3.63, 3.8) is 0 Å². The molecule has 1 aliphatic rings. The molecule has 0 heterocycles. The predicted octanol–water partition coefficient (Wildman–Crippen LogP) is 3.25. The minimum Gasteiger partial charge on any atom is -0.227 e. The van der Waals surface area contributed by atoms with Crippen LogP contribution in [-0.2, 0) is 19.7 Å². The Morgan fingerprint density at radius 2 is 1.41 bits per heavy atom. The topological polar surface area (TPSA) is 68.3 Å². The summed E-state index contributed by atoms with van der Waals surface area (Å²) >= 11 is 0. The Balaban J connectivity index is 2.45. The Bertz CT molecular complexity index is 723. The molecule has 0 radical (unpaired) electrons. The quantitative estimate of drug-likeness (QED) is 0.841. The fourth-order valence-electron chi connectivity index (χ4n) is 2.93. The number of hydrogen-bond donors (Lipinski definition) is 0. The molecule has 1 aromatic carbocycles. The van der Waals surface area contributed by atoms with E-state index in [1.54, 1.807) is 12.1 Å². The van der Waals surface area contributed by atoms with E-state index in [0.29, 0.717) is 12.8 Å². The summed E-state index contributed by atoms with van der Waals surface area (Å²) in [5.41, 5.74) is 0.937. The first-order valence-corrected chi connectivity index (χ1v) is 10.7. The summed E-state index contributed by atoms with van der Waals surface area (Å²) in [7, 11) is -7.72. The summed E-state index contributed by atoms with van der Waals surface area (Å²) in [6, 6.07) is 6.36. The standard InChI is InChI=1S/C16H24O4S2/c1-13-9-11-15(12-10-13)22(19,20)16(2,3)21(17,18)14-7-5-4-6-8-14/h9-12,14H,4-8H2,1-3H3. The first-order valence-electron chi connectivity index (χ1n) is 7.65. The van der Waals surface area contributed by atoms with Gasteiger partial charge in [0.15, 0.2) is 23.8 Å². The fraction of sp³-hybridized carbons (Fsp3) is 0.625. The van der Waals surface area contributed by atoms with E-state index in [0.717, 1.165) is 24.8 Å². The molecule has 1 aromatic rings. The molecular formula is C16H24O4S2. The van der Waals surface area contributed by atoms with Crippen LogP contribution in [-0.4, -0.2) is 26.2 Å². The van der Waals surface area contributed by atoms with Crippen molar-refractivity contribution in [1.29, 1.82) is 0 Å². The Morgan fingerprint density at radius 3 is 1.91 bits per heavy atom. The maximum Gasteiger partial charge on any atom is 0.197 e. The van der Waals surface area contributed by atoms with E-state index in [-0.39, 0.29) is 4.90 Å². The average Bonchev–Trinajstić information content (AvgIpc) is 2.48. The SMILES string of the molecule is Cc1ccc(S(=O)(=O)C(C)(C)S(=O)(=O)C2CCCCC2)cc1. The Labute approximate surface area is 133 Å². The van der Waals surface area contributed by atoms with Gasteiger partial charge in [0.2, 0.25) is 0 Å². The van der Waals surface area contributed by atoms with Gasteiger partial charge in [0.25, 0.3) is 0 Å². The van der Waals surface area contributed by atoms with Crippen LogP contribution in [0.2, 0.25) is 0 Å². The molecule has 0 aliphatic heterocycles. The van der Waals surface area contributed by atoms with Crippen molar-refractivity contribution in [1.82, 2.24) is 0 Å². The first-order chi connectivity index (χ1) is 10.1. The molecule has 0 unspecified atom stereocenters. The molecule has 0 bridgehead atoms. The minimum absolute atomic E-state index is 0.0717. The van der Waals surface area contributed by atoms with Crippen molar-refractivity contribution in [2.24, 2.45) is 0 Å². The molecular weight excluding hydrogens is 320 g/mol. The van der Waals surface area contributed by atoms with E-state index < -0.39 is 29.0 Å². The van der Waals surface area contributed by atoms with Crippen molar-refractivity contribution in [2.75, 3.05) is 0 Å². The molecule has 0 saturated heterocycles. The van der Waals surface area contributed by atoms with Crippen LogP contribution >= 0.6 is 0 Å². The molecule has 2 rings (SSSR count). The van der Waals surface area contributed by atoms with Gasteiger partial charge in [-0.2, -0.15) is 0 Å². The van der Waals surface area contributed by atoms with E-state index in [1.807, 2.05) is 6.92 Å². The Morgan fingerprint density at radius 1 is 0.909 bits per heavy atom. The average molecular weight is 344 g/mol. The summed E-state index contributed by atoms with van der Waals surface area (Å²) in [6.07, 6.45) is 3.86. The van der Waals surface area contributed by atoms with Gasteiger partial charge >= 0.3 is 0 Å². The predicted molar refractivity (Wildman–Crippen MR) is 88.2 cm³/mol. The van der Waals surface area contributed by atoms with Crippen LogP contribution in [0.15, 0.2) is 29.2 Å². The van der Waals surface area contributed by atoms with Crippen LogP contribution in [0.5, 0.6) is 0 Å². The summed E-state index contributed by atoms with van der Waals surface area (Å²) in [5, 5.41) is -0.545. The van der Waals surface area contributed by atoms with Gasteiger partial charge in [-0.1, -0.05) is 37.0 Å². The molecule has 1 fully saturated rings. The molecule has 0 amide bonds. The third-order valence-corrected chi connectivity index (χ3v) is 10.9. The number of sulfone groups is 2. The second-order valence-corrected chi connectivity index (χ2v) is 12.1. The smallest absolute Gasteiger partial charge is 0.197 e. The lowest BCUT2D eigenvalue weighted by Gasteiger charge is -2.31. The molecule has 1 saturated carbocycles. The van der Waals surface area contributed by atoms with Crippen molar-refractivity contribution in [3.05, 3.63) is 29.8 Å². The molecule has 124 valence electrons. The summed E-state index contributed by atoms with van der Waals surface area (Å²) in [6.45, 7) is 4.51. The van der Waals surface area contributed by atoms with Gasteiger partial charge in [-0.25, -0.2) is 16.8 Å². The lowest BCUT2D eigenvalue weighted by atomic mass is 10.0. The zero-order valence-corrected chi connectivity index (χ0v) is 15.0. The van der Waals surface area contributed by atoms with Gasteiger partial charge < -0.3 is 0 Å². The zero-order chi connectivity index (χ0) is 16.6. The fourth-order valence-corrected chi connectivity index (χ4v) is 7.67. The third kappa shape index (κ3) is 2.83. The largest absolute Gasteiger partial charge is 0.227 e. The third-order valence-electron chi connectivity index (χ3n) is 4.65. The lowest BCUT2D eigenvalue weighted by Crippen LogP contribution is -2.46. The van der Waals surface area contributed by atoms with E-state index in [2.05, 4.69) is 0 Å². The second kappa shape index (κ2) is 5.96. The van der Waals surface area contributed by atoms with E-state index in [9.17, 15) is 16.8 Å². The molecule has 0 N–H and O–H groups in total. The molecule has 22 heavy (non-hydrogen) atoms. The van der Waals surface area contributed by atoms with Crippen molar-refractivity contribution in [3.8, 4) is 0 Å². The summed E-state index contributed by atoms with van der Waals surface area (Å²) < 4.78 is 49.8. The Kier molecular flexibility index (Phi) is 4.74. The molecule has 0 spiro atoms. The normalized spacial score (nSPS) is 18.3. The van der Waals surface area contributed by atoms with Crippen molar-refractivity contribution >= 4 is 19.7 Å². The number of hydrogen-bond acceptors (Lipinski definition) is 4. The van der Waals surface area contributed by atoms with Crippen molar-refractivity contribution < 1.29 is 16.8 Å². The highest BCUT2D eigenvalue weighted by Crippen LogP contribution is 2.37. The van der Waals surface area contributed by atoms with Crippen LogP contribution in [0.25, 0.3) is 0 Å². The van der Waals surface area contributed by atoms with Gasteiger partial charge in [0.05, 0.1) is 10.1 Å². The van der Waals surface area contributed by atoms with Crippen LogP contribution in [0, 0.1) is 6.92 Å². The minimum atomic E-state index is -3.95. The van der Waals surface area contributed by atoms with E-state index in [4.69, 9.17) is 0 Å². The monoisotopic (exact) mass is 344 g/mol. The van der Waals surface area contributed by atoms with Gasteiger partial charge in [-0.3, -0.25) is 0 Å². The highest BCUT2D eigenvalue weighted by atomic mass is 32.3. The second-order valence-electron chi connectivity index (χ2n) is 6.52. The van der Waals surface area contributed by atoms with Gasteiger partial charge in [0, 0.05) is 0 Å². The maximum atomic E-state index is 12.9. The van der Waals surface area contributed by atoms with Crippen LogP contribution < -0.4 is 0 Å². The molecule has 6 heteroatoms. The van der Waals surface area contributed by atoms with Gasteiger partial charge in [0.1, 0.15) is 0 Å². The number of rotatable bonds is 4. The highest BCUT2D eigenvalue weighted by molar-refractivity contribution is 8.10. The molecule has 1 aliphatic carbocycles. The van der Waals surface area contributed by atoms with E-state index in [1.165, 1.54) is 26.0 Å². The van der Waals surface area contributed by atoms with Gasteiger partial charge in [-0.15, -0.1) is 0 Å². The molecule has 0 atom stereocenters. The van der Waals surface area contributed by atoms with E-state index >= 15 is 0 Å². The van der Waals surface area contributed by atoms with Crippen LogP contribution in [0.3, 0.4) is 0 Å².